The number of carbonyl (C=O) groups is 1. The Morgan fingerprint density at radius 1 is 1.13 bits per heavy atom. The van der Waals surface area contributed by atoms with Crippen molar-refractivity contribution in [1.29, 1.82) is 0 Å². The van der Waals surface area contributed by atoms with Crippen LogP contribution in [0.3, 0.4) is 0 Å². The lowest BCUT2D eigenvalue weighted by Gasteiger charge is -2.32. The van der Waals surface area contributed by atoms with Crippen LogP contribution in [-0.2, 0) is 15.2 Å². The maximum absolute atomic E-state index is 14.3. The SMILES string of the molecule is Cc1cc(C2=COC(c3cc(Cl)cc(Cl)c3)(C(F)(F)F)C2)ccc1C(=O)NC1CON(CC(F)(F)F)C1O. The number of nitrogens with zero attached hydrogens (tertiary/aromatic N) is 1. The first-order valence-corrected chi connectivity index (χ1v) is 11.8. The number of hydroxylamine groups is 2. The van der Waals surface area contributed by atoms with Crippen molar-refractivity contribution < 1.29 is 45.8 Å². The minimum Gasteiger partial charge on any atom is -0.480 e. The van der Waals surface area contributed by atoms with Crippen LogP contribution in [0.15, 0.2) is 42.7 Å². The molecule has 2 heterocycles. The van der Waals surface area contributed by atoms with Gasteiger partial charge in [-0.3, -0.25) is 9.63 Å². The highest BCUT2D eigenvalue weighted by atomic mass is 35.5. The van der Waals surface area contributed by atoms with Gasteiger partial charge in [0.05, 0.1) is 18.9 Å². The fourth-order valence-corrected chi connectivity index (χ4v) is 4.84. The largest absolute Gasteiger partial charge is 0.480 e. The van der Waals surface area contributed by atoms with Gasteiger partial charge < -0.3 is 15.2 Å². The van der Waals surface area contributed by atoms with E-state index >= 15 is 0 Å². The molecule has 2 aliphatic rings. The molecule has 6 nitrogen and oxygen atoms in total. The maximum atomic E-state index is 14.3. The summed E-state index contributed by atoms with van der Waals surface area (Å²) in [4.78, 5) is 17.6. The van der Waals surface area contributed by atoms with Crippen molar-refractivity contribution in [3.05, 3.63) is 75.0 Å². The summed E-state index contributed by atoms with van der Waals surface area (Å²) >= 11 is 11.9. The van der Waals surface area contributed by atoms with Crippen molar-refractivity contribution in [2.75, 3.05) is 13.2 Å². The van der Waals surface area contributed by atoms with Crippen molar-refractivity contribution >= 4 is 34.7 Å². The predicted molar refractivity (Wildman–Crippen MR) is 125 cm³/mol. The molecule has 206 valence electrons. The van der Waals surface area contributed by atoms with Crippen LogP contribution in [0.5, 0.6) is 0 Å². The van der Waals surface area contributed by atoms with E-state index in [2.05, 4.69) is 5.32 Å². The van der Waals surface area contributed by atoms with Gasteiger partial charge in [0.1, 0.15) is 6.54 Å². The Hall–Kier alpha value is -2.51. The predicted octanol–water partition coefficient (Wildman–Crippen LogP) is 5.75. The van der Waals surface area contributed by atoms with Crippen LogP contribution in [0.4, 0.5) is 26.3 Å². The summed E-state index contributed by atoms with van der Waals surface area (Å²) in [7, 11) is 0. The number of aliphatic hydroxyl groups excluding tert-OH is 1. The van der Waals surface area contributed by atoms with Crippen LogP contribution in [0.2, 0.25) is 10.0 Å². The van der Waals surface area contributed by atoms with E-state index in [0.29, 0.717) is 16.2 Å². The molecule has 0 radical (unpaired) electrons. The fraction of sp³-hybridized carbons (Fsp3) is 0.375. The third-order valence-electron chi connectivity index (χ3n) is 6.20. The van der Waals surface area contributed by atoms with Crippen LogP contribution in [-0.4, -0.2) is 53.9 Å². The Balaban J connectivity index is 1.50. The van der Waals surface area contributed by atoms with Crippen molar-refractivity contribution in [1.82, 2.24) is 10.4 Å². The van der Waals surface area contributed by atoms with Crippen LogP contribution >= 0.6 is 23.2 Å². The summed E-state index contributed by atoms with van der Waals surface area (Å²) in [6.45, 7) is -0.357. The van der Waals surface area contributed by atoms with Gasteiger partial charge in [0.25, 0.3) is 5.91 Å². The van der Waals surface area contributed by atoms with Gasteiger partial charge in [-0.2, -0.15) is 26.3 Å². The Morgan fingerprint density at radius 3 is 2.37 bits per heavy atom. The molecule has 2 N–H and O–H groups in total. The minimum atomic E-state index is -4.82. The number of hydrogen-bond donors (Lipinski definition) is 2. The lowest BCUT2D eigenvalue weighted by Crippen LogP contribution is -2.47. The van der Waals surface area contributed by atoms with Gasteiger partial charge in [-0.25, -0.2) is 0 Å². The molecule has 0 bridgehead atoms. The number of nitrogens with one attached hydrogen (secondary N) is 1. The fourth-order valence-electron chi connectivity index (χ4n) is 4.32. The highest BCUT2D eigenvalue weighted by Gasteiger charge is 2.60. The molecule has 14 heteroatoms. The summed E-state index contributed by atoms with van der Waals surface area (Å²) in [5.41, 5.74) is -1.94. The highest BCUT2D eigenvalue weighted by molar-refractivity contribution is 6.34. The second-order valence-corrected chi connectivity index (χ2v) is 9.80. The summed E-state index contributed by atoms with van der Waals surface area (Å²) in [6.07, 6.45) is -10.8. The molecule has 2 aromatic rings. The zero-order chi connectivity index (χ0) is 28.0. The first kappa shape index (κ1) is 28.5. The zero-order valence-corrected chi connectivity index (χ0v) is 21.0. The van der Waals surface area contributed by atoms with E-state index in [0.717, 1.165) is 18.4 Å². The zero-order valence-electron chi connectivity index (χ0n) is 19.5. The van der Waals surface area contributed by atoms with Crippen LogP contribution in [0.1, 0.15) is 33.5 Å². The summed E-state index contributed by atoms with van der Waals surface area (Å²) in [5.74, 6) is -0.703. The molecule has 38 heavy (non-hydrogen) atoms. The molecule has 0 aromatic heterocycles. The molecule has 0 spiro atoms. The normalized spacial score (nSPS) is 24.3. The van der Waals surface area contributed by atoms with Crippen molar-refractivity contribution in [3.8, 4) is 0 Å². The lowest BCUT2D eigenvalue weighted by atomic mass is 9.85. The smallest absolute Gasteiger partial charge is 0.432 e. The summed E-state index contributed by atoms with van der Waals surface area (Å²) < 4.78 is 85.8. The van der Waals surface area contributed by atoms with E-state index in [4.69, 9.17) is 32.8 Å². The first-order valence-electron chi connectivity index (χ1n) is 11.1. The van der Waals surface area contributed by atoms with E-state index in [9.17, 15) is 36.2 Å². The highest BCUT2D eigenvalue weighted by Crippen LogP contribution is 2.52. The number of alkyl halides is 6. The van der Waals surface area contributed by atoms with Gasteiger partial charge in [-0.15, -0.1) is 5.06 Å². The Bertz CT molecular complexity index is 1250. The monoisotopic (exact) mass is 584 g/mol. The lowest BCUT2D eigenvalue weighted by molar-refractivity contribution is -0.260. The van der Waals surface area contributed by atoms with E-state index in [1.165, 1.54) is 24.3 Å². The Labute approximate surface area is 222 Å². The molecule has 1 amide bonds. The Morgan fingerprint density at radius 2 is 1.79 bits per heavy atom. The van der Waals surface area contributed by atoms with Gasteiger partial charge in [-0.05, 0) is 47.9 Å². The molecule has 0 saturated carbocycles. The van der Waals surface area contributed by atoms with Crippen LogP contribution in [0.25, 0.3) is 5.57 Å². The second-order valence-electron chi connectivity index (χ2n) is 8.93. The first-order chi connectivity index (χ1) is 17.6. The Kier molecular flexibility index (Phi) is 7.67. The number of ether oxygens (including phenoxy) is 1. The van der Waals surface area contributed by atoms with Gasteiger partial charge in [0, 0.05) is 27.6 Å². The molecule has 1 fully saturated rings. The number of amides is 1. The molecule has 2 aromatic carbocycles. The molecule has 4 rings (SSSR count). The number of carbonyl (C=O) groups excluding carboxylic acids is 1. The van der Waals surface area contributed by atoms with E-state index < -0.39 is 49.1 Å². The third kappa shape index (κ3) is 5.74. The van der Waals surface area contributed by atoms with Gasteiger partial charge in [0.15, 0.2) is 6.23 Å². The van der Waals surface area contributed by atoms with Crippen molar-refractivity contribution in [3.63, 3.8) is 0 Å². The number of rotatable bonds is 5. The molecule has 3 atom stereocenters. The van der Waals surface area contributed by atoms with E-state index in [-0.39, 0.29) is 33.4 Å². The second kappa shape index (κ2) is 10.2. The van der Waals surface area contributed by atoms with Gasteiger partial charge >= 0.3 is 12.4 Å². The van der Waals surface area contributed by atoms with Gasteiger partial charge in [-0.1, -0.05) is 35.3 Å². The topological polar surface area (TPSA) is 71.0 Å². The van der Waals surface area contributed by atoms with E-state index in [1.54, 1.807) is 6.92 Å². The molecular weight excluding hydrogens is 565 g/mol. The minimum absolute atomic E-state index is 0.0127. The molecule has 2 aliphatic heterocycles. The molecule has 1 saturated heterocycles. The van der Waals surface area contributed by atoms with Crippen molar-refractivity contribution in [2.45, 2.75) is 43.6 Å². The van der Waals surface area contributed by atoms with Crippen LogP contribution < -0.4 is 5.32 Å². The van der Waals surface area contributed by atoms with E-state index in [1.807, 2.05) is 0 Å². The number of aliphatic hydroxyl groups is 1. The molecular formula is C24H20Cl2F6N2O4. The summed E-state index contributed by atoms with van der Waals surface area (Å²) in [5, 5.41) is 12.8. The molecule has 3 unspecified atom stereocenters. The third-order valence-corrected chi connectivity index (χ3v) is 6.63. The number of hydrogen-bond acceptors (Lipinski definition) is 5. The maximum Gasteiger partial charge on any atom is 0.432 e. The summed E-state index contributed by atoms with van der Waals surface area (Å²) in [6, 6.07) is 6.70. The van der Waals surface area contributed by atoms with Crippen molar-refractivity contribution in [2.24, 2.45) is 0 Å². The number of halogens is 8. The molecule has 0 aliphatic carbocycles. The average molecular weight is 585 g/mol. The number of aryl methyl sites for hydroxylation is 1. The average Bonchev–Trinajstić information content (AvgIpc) is 3.38. The van der Waals surface area contributed by atoms with Crippen LogP contribution in [0, 0.1) is 6.92 Å². The number of benzene rings is 2. The quantitative estimate of drug-likeness (QED) is 0.438. The van der Waals surface area contributed by atoms with Gasteiger partial charge in [0.2, 0.25) is 5.60 Å². The standard InChI is InChI=1S/C24H20Cl2F6N2O4/c1-12-4-13(2-3-18(12)20(35)33-19-10-38-34(21(19)36)11-23(27,28)29)14-8-22(37-9-14,24(30,31)32)15-5-16(25)7-17(26)6-15/h2-7,9,19,21,36H,8,10-11H2,1H3,(H,33,35).